The number of halogens is 1. The van der Waals surface area contributed by atoms with Crippen molar-refractivity contribution in [3.63, 3.8) is 0 Å². The average molecular weight is 417 g/mol. The summed E-state index contributed by atoms with van der Waals surface area (Å²) in [4.78, 5) is 12.6. The minimum Gasteiger partial charge on any atom is -0.493 e. The number of hydrogen-bond acceptors (Lipinski definition) is 5. The zero-order valence-electron chi connectivity index (χ0n) is 14.5. The van der Waals surface area contributed by atoms with Crippen molar-refractivity contribution in [1.29, 1.82) is 0 Å². The lowest BCUT2D eigenvalue weighted by molar-refractivity contribution is 0.0733. The number of fused-ring (bicyclic) bond motifs is 1. The van der Waals surface area contributed by atoms with Gasteiger partial charge in [-0.2, -0.15) is 0 Å². The van der Waals surface area contributed by atoms with Gasteiger partial charge in [-0.25, -0.2) is 4.79 Å². The summed E-state index contributed by atoms with van der Waals surface area (Å²) in [6.45, 7) is 0. The number of ether oxygens (including phenoxy) is 4. The molecule has 134 valence electrons. The Kier molecular flexibility index (Phi) is 5.32. The normalized spacial score (nSPS) is 10.5. The lowest BCUT2D eigenvalue weighted by Gasteiger charge is -2.14. The van der Waals surface area contributed by atoms with E-state index in [2.05, 4.69) is 15.9 Å². The molecule has 0 saturated heterocycles. The zero-order valence-corrected chi connectivity index (χ0v) is 16.1. The largest absolute Gasteiger partial charge is 0.493 e. The number of hydrogen-bond donors (Lipinski definition) is 0. The third-order valence-electron chi connectivity index (χ3n) is 3.93. The van der Waals surface area contributed by atoms with Gasteiger partial charge in [0.2, 0.25) is 5.75 Å². The molecule has 0 radical (unpaired) electrons. The summed E-state index contributed by atoms with van der Waals surface area (Å²) in [5.74, 6) is 1.09. The molecular formula is C20H17BrO5. The topological polar surface area (TPSA) is 54.0 Å². The van der Waals surface area contributed by atoms with Gasteiger partial charge in [0.05, 0.1) is 31.4 Å². The Hall–Kier alpha value is -2.73. The van der Waals surface area contributed by atoms with Gasteiger partial charge in [0.1, 0.15) is 5.75 Å². The quantitative estimate of drug-likeness (QED) is 0.439. The molecule has 0 spiro atoms. The number of benzene rings is 3. The van der Waals surface area contributed by atoms with Crippen LogP contribution in [0.5, 0.6) is 23.0 Å². The molecule has 26 heavy (non-hydrogen) atoms. The fraction of sp³-hybridized carbons (Fsp3) is 0.150. The Balaban J connectivity index is 1.97. The van der Waals surface area contributed by atoms with Gasteiger partial charge in [-0.1, -0.05) is 30.3 Å². The second kappa shape index (κ2) is 7.66. The van der Waals surface area contributed by atoms with E-state index in [-0.39, 0.29) is 0 Å². The van der Waals surface area contributed by atoms with Crippen molar-refractivity contribution in [3.05, 3.63) is 58.6 Å². The summed E-state index contributed by atoms with van der Waals surface area (Å²) in [5, 5.41) is 2.01. The maximum absolute atomic E-state index is 12.6. The lowest BCUT2D eigenvalue weighted by Crippen LogP contribution is -2.10. The van der Waals surface area contributed by atoms with Crippen molar-refractivity contribution < 1.29 is 23.7 Å². The smallest absolute Gasteiger partial charge is 0.343 e. The first kappa shape index (κ1) is 18.1. The number of esters is 1. The average Bonchev–Trinajstić information content (AvgIpc) is 2.68. The SMILES string of the molecule is COc1cc(C(=O)Oc2ccc3ccccc3c2Br)cc(OC)c1OC. The van der Waals surface area contributed by atoms with Crippen LogP contribution in [-0.2, 0) is 0 Å². The van der Waals surface area contributed by atoms with E-state index < -0.39 is 5.97 Å². The van der Waals surface area contributed by atoms with Crippen LogP contribution in [0.4, 0.5) is 0 Å². The number of methoxy groups -OCH3 is 3. The van der Waals surface area contributed by atoms with Crippen LogP contribution in [0.1, 0.15) is 10.4 Å². The van der Waals surface area contributed by atoms with Gasteiger partial charge in [-0.3, -0.25) is 0 Å². The Morgan fingerprint density at radius 2 is 1.50 bits per heavy atom. The van der Waals surface area contributed by atoms with E-state index in [1.54, 1.807) is 18.2 Å². The monoisotopic (exact) mass is 416 g/mol. The Morgan fingerprint density at radius 3 is 2.12 bits per heavy atom. The minimum atomic E-state index is -0.528. The third kappa shape index (κ3) is 3.32. The molecule has 5 nitrogen and oxygen atoms in total. The van der Waals surface area contributed by atoms with Crippen LogP contribution in [0.25, 0.3) is 10.8 Å². The Bertz CT molecular complexity index is 943. The standard InChI is InChI=1S/C20H17BrO5/c1-23-16-10-13(11-17(24-2)19(16)25-3)20(22)26-15-9-8-12-6-4-5-7-14(12)18(15)21/h4-11H,1-3H3. The highest BCUT2D eigenvalue weighted by atomic mass is 79.9. The zero-order chi connectivity index (χ0) is 18.7. The molecule has 0 amide bonds. The van der Waals surface area contributed by atoms with Crippen LogP contribution in [-0.4, -0.2) is 27.3 Å². The van der Waals surface area contributed by atoms with Gasteiger partial charge in [-0.15, -0.1) is 0 Å². The number of rotatable bonds is 5. The second-order valence-corrected chi connectivity index (χ2v) is 6.20. The first-order valence-electron chi connectivity index (χ1n) is 7.78. The summed E-state index contributed by atoms with van der Waals surface area (Å²) in [5.41, 5.74) is 0.291. The first-order valence-corrected chi connectivity index (χ1v) is 8.57. The van der Waals surface area contributed by atoms with E-state index >= 15 is 0 Å². The molecule has 0 bridgehead atoms. The van der Waals surface area contributed by atoms with Gasteiger partial charge in [-0.05, 0) is 44.9 Å². The van der Waals surface area contributed by atoms with Crippen LogP contribution < -0.4 is 18.9 Å². The highest BCUT2D eigenvalue weighted by Gasteiger charge is 2.19. The molecule has 0 unspecified atom stereocenters. The molecule has 0 aliphatic rings. The number of carbonyl (C=O) groups is 1. The highest BCUT2D eigenvalue weighted by molar-refractivity contribution is 9.10. The molecule has 0 saturated carbocycles. The second-order valence-electron chi connectivity index (χ2n) is 5.40. The van der Waals surface area contributed by atoms with Gasteiger partial charge < -0.3 is 18.9 Å². The molecule has 0 fully saturated rings. The summed E-state index contributed by atoms with van der Waals surface area (Å²) >= 11 is 3.52. The summed E-state index contributed by atoms with van der Waals surface area (Å²) in [7, 11) is 4.49. The predicted octanol–water partition coefficient (Wildman–Crippen LogP) is 4.85. The highest BCUT2D eigenvalue weighted by Crippen LogP contribution is 2.39. The first-order chi connectivity index (χ1) is 12.6. The lowest BCUT2D eigenvalue weighted by atomic mass is 10.1. The summed E-state index contributed by atoms with van der Waals surface area (Å²) < 4.78 is 22.1. The van der Waals surface area contributed by atoms with Crippen molar-refractivity contribution in [2.75, 3.05) is 21.3 Å². The van der Waals surface area contributed by atoms with Gasteiger partial charge >= 0.3 is 5.97 Å². The fourth-order valence-electron chi connectivity index (χ4n) is 2.65. The van der Waals surface area contributed by atoms with E-state index in [9.17, 15) is 4.79 Å². The van der Waals surface area contributed by atoms with Crippen molar-refractivity contribution in [3.8, 4) is 23.0 Å². The van der Waals surface area contributed by atoms with Crippen molar-refractivity contribution in [2.45, 2.75) is 0 Å². The molecule has 0 heterocycles. The van der Waals surface area contributed by atoms with Crippen molar-refractivity contribution in [2.24, 2.45) is 0 Å². The molecule has 0 atom stereocenters. The van der Waals surface area contributed by atoms with Crippen LogP contribution in [0.15, 0.2) is 53.0 Å². The van der Waals surface area contributed by atoms with Crippen LogP contribution in [0, 0.1) is 0 Å². The van der Waals surface area contributed by atoms with Crippen molar-refractivity contribution >= 4 is 32.7 Å². The molecule has 3 rings (SSSR count). The molecule has 3 aromatic carbocycles. The molecule has 0 aliphatic carbocycles. The molecule has 3 aromatic rings. The van der Waals surface area contributed by atoms with Gasteiger partial charge in [0, 0.05) is 0 Å². The van der Waals surface area contributed by atoms with E-state index in [0.717, 1.165) is 15.2 Å². The van der Waals surface area contributed by atoms with E-state index in [4.69, 9.17) is 18.9 Å². The van der Waals surface area contributed by atoms with E-state index in [1.807, 2.05) is 30.3 Å². The maximum atomic E-state index is 12.6. The molecule has 0 aliphatic heterocycles. The van der Waals surface area contributed by atoms with Crippen molar-refractivity contribution in [1.82, 2.24) is 0 Å². The number of carbonyl (C=O) groups excluding carboxylic acids is 1. The molecule has 0 N–H and O–H groups in total. The third-order valence-corrected chi connectivity index (χ3v) is 4.75. The molecule has 0 aromatic heterocycles. The molecule has 6 heteroatoms. The van der Waals surface area contributed by atoms with Crippen LogP contribution in [0.3, 0.4) is 0 Å². The van der Waals surface area contributed by atoms with Crippen LogP contribution >= 0.6 is 15.9 Å². The summed E-state index contributed by atoms with van der Waals surface area (Å²) in [6.07, 6.45) is 0. The van der Waals surface area contributed by atoms with Gasteiger partial charge in [0.25, 0.3) is 0 Å². The predicted molar refractivity (Wildman–Crippen MR) is 103 cm³/mol. The van der Waals surface area contributed by atoms with E-state index in [0.29, 0.717) is 28.6 Å². The Labute approximate surface area is 159 Å². The van der Waals surface area contributed by atoms with E-state index in [1.165, 1.54) is 21.3 Å². The van der Waals surface area contributed by atoms with Gasteiger partial charge in [0.15, 0.2) is 11.5 Å². The van der Waals surface area contributed by atoms with Crippen LogP contribution in [0.2, 0.25) is 0 Å². The molecular weight excluding hydrogens is 400 g/mol. The fourth-order valence-corrected chi connectivity index (χ4v) is 3.22. The maximum Gasteiger partial charge on any atom is 0.343 e. The summed E-state index contributed by atoms with van der Waals surface area (Å²) in [6, 6.07) is 14.6. The minimum absolute atomic E-state index is 0.291. The Morgan fingerprint density at radius 1 is 0.846 bits per heavy atom.